The van der Waals surface area contributed by atoms with Crippen molar-refractivity contribution in [3.05, 3.63) is 151 Å². The summed E-state index contributed by atoms with van der Waals surface area (Å²) < 4.78 is 46.7. The summed E-state index contributed by atoms with van der Waals surface area (Å²) in [5.41, 5.74) is 45.0. The fourth-order valence-electron chi connectivity index (χ4n) is 15.7. The maximum absolute atomic E-state index is 6.16. The van der Waals surface area contributed by atoms with E-state index < -0.39 is 0 Å². The van der Waals surface area contributed by atoms with Crippen LogP contribution in [0.5, 0.6) is 46.0 Å². The lowest BCUT2D eigenvalue weighted by atomic mass is 10.1. The van der Waals surface area contributed by atoms with E-state index in [1.165, 1.54) is 98.0 Å². The highest BCUT2D eigenvalue weighted by molar-refractivity contribution is 8.00. The zero-order chi connectivity index (χ0) is 96.5. The second-order valence-corrected chi connectivity index (χ2v) is 43.2. The molecule has 0 radical (unpaired) electrons. The maximum Gasteiger partial charge on any atom is 0.192 e. The minimum absolute atomic E-state index is 0.0405. The molecule has 728 valence electrons. The molecule has 4 aliphatic rings. The summed E-state index contributed by atoms with van der Waals surface area (Å²) in [5.74, 6) is 8.39. The number of likely N-dealkylation sites (N-methyl/N-ethyl adjacent to an activating group) is 1. The van der Waals surface area contributed by atoms with Crippen LogP contribution in [0.25, 0.3) is 42.3 Å². The van der Waals surface area contributed by atoms with Crippen molar-refractivity contribution in [3.63, 3.8) is 0 Å². The summed E-state index contributed by atoms with van der Waals surface area (Å²) >= 11 is 12.9. The number of nitrogen functional groups attached to an aromatic ring is 6. The largest absolute Gasteiger partial charge is 0.493 e. The van der Waals surface area contributed by atoms with Crippen LogP contribution in [-0.4, -0.2) is 238 Å². The first-order valence-corrected chi connectivity index (χ1v) is 52.9. The Morgan fingerprint density at radius 1 is 0.309 bits per heavy atom. The maximum atomic E-state index is 6.16. The second-order valence-electron chi connectivity index (χ2n) is 33.4. The van der Waals surface area contributed by atoms with Crippen molar-refractivity contribution in [2.75, 3.05) is 188 Å². The topological polar surface area (TPSA) is 401 Å². The highest BCUT2D eigenvalue weighted by Crippen LogP contribution is 2.47. The van der Waals surface area contributed by atoms with Crippen LogP contribution in [0.1, 0.15) is 155 Å². The number of hydrogen-bond donors (Lipinski definition) is 6. The first kappa shape index (κ1) is 103. The van der Waals surface area contributed by atoms with Crippen molar-refractivity contribution in [2.24, 2.45) is 0 Å². The molecule has 0 amide bonds. The molecule has 4 saturated heterocycles. The van der Waals surface area contributed by atoms with Crippen molar-refractivity contribution in [3.8, 4) is 88.3 Å². The van der Waals surface area contributed by atoms with Gasteiger partial charge < -0.3 is 77.2 Å². The molecule has 39 heteroatoms. The number of thiazole rings is 4. The van der Waals surface area contributed by atoms with Crippen molar-refractivity contribution < 1.29 is 37.9 Å². The molecule has 8 aromatic heterocycles. The Morgan fingerprint density at radius 3 is 0.860 bits per heavy atom. The van der Waals surface area contributed by atoms with E-state index in [0.29, 0.717) is 82.0 Å². The fraction of sp³-hybridized carbons (Fsp3) is 0.464. The number of nitrogens with zero attached hydrogens (tertiary/aromatic N) is 17. The number of hydrogen-bond acceptors (Lipinski definition) is 39. The molecule has 0 spiro atoms. The molecule has 4 aromatic carbocycles. The van der Waals surface area contributed by atoms with Crippen LogP contribution in [0.2, 0.25) is 0 Å². The van der Waals surface area contributed by atoms with Gasteiger partial charge in [-0.05, 0) is 219 Å². The molecule has 12 heterocycles. The number of piperazine rings is 1. The molecule has 16 rings (SSSR count). The number of rotatable bonds is 38. The van der Waals surface area contributed by atoms with Crippen molar-refractivity contribution >= 4 is 127 Å². The molecule has 4 fully saturated rings. The Balaban J connectivity index is 0.000000153. The number of nitrogens with two attached hydrogens (primary N) is 6. The highest BCUT2D eigenvalue weighted by atomic mass is 32.2. The van der Waals surface area contributed by atoms with Crippen LogP contribution in [-0.2, 0) is 12.8 Å². The quantitative estimate of drug-likeness (QED) is 0.0155. The predicted octanol–water partition coefficient (Wildman–Crippen LogP) is 18.7. The third kappa shape index (κ3) is 29.4. The average molecular weight is 2000 g/mol. The Labute approximate surface area is 832 Å². The molecule has 4 aliphatic heterocycles. The number of thioether (sulfide) groups is 4. The van der Waals surface area contributed by atoms with Crippen molar-refractivity contribution in [1.29, 1.82) is 0 Å². The number of methoxy groups -OCH3 is 4. The van der Waals surface area contributed by atoms with Gasteiger partial charge >= 0.3 is 0 Å². The molecular formula is C97H129N23O8S8. The molecule has 0 saturated carbocycles. The van der Waals surface area contributed by atoms with Gasteiger partial charge in [-0.1, -0.05) is 67.3 Å². The molecule has 31 nitrogen and oxygen atoms in total. The SMILES string of the molecule is CCc1sc(-c2ccc(OC)c(OCCN3CCC3)c2)nc1[C@@H](C)Sc1nc(C)cc(N)n1.CCc1sc(-c2ccc(OC)c(OCCN3CCCC3)c2)nc1[C@@H](C)Sc1nc(C)cc(N)n1.COc1ccc(-c2nc([C@@H](C)Sc3nc(N)cc(N)n3)c(C)s2)cc1OCCN1CCCCC1.COc1ccc(-c2nc([C@@H](C)Sc3nc(N)cc(N)n3)c(C)s2)cc1OCCN1CCN(C)CC1. The summed E-state index contributed by atoms with van der Waals surface area (Å²) in [6, 6.07) is 30.8. The van der Waals surface area contributed by atoms with Gasteiger partial charge in [-0.15, -0.1) is 45.3 Å². The molecule has 0 aliphatic carbocycles. The van der Waals surface area contributed by atoms with Gasteiger partial charge in [0.25, 0.3) is 0 Å². The Bertz CT molecular complexity index is 5810. The monoisotopic (exact) mass is 2000 g/mol. The van der Waals surface area contributed by atoms with Crippen molar-refractivity contribution in [1.82, 2.24) is 84.3 Å². The second kappa shape index (κ2) is 50.6. The van der Waals surface area contributed by atoms with Crippen LogP contribution >= 0.6 is 92.4 Å². The van der Waals surface area contributed by atoms with Crippen LogP contribution in [0, 0.1) is 27.7 Å². The van der Waals surface area contributed by atoms with Gasteiger partial charge in [-0.2, -0.15) is 0 Å². The molecule has 4 atom stereocenters. The Morgan fingerprint density at radius 2 is 0.574 bits per heavy atom. The average Bonchev–Trinajstić information content (AvgIpc) is 1.68. The fourth-order valence-corrected chi connectivity index (χ4v) is 24.1. The minimum Gasteiger partial charge on any atom is -0.493 e. The van der Waals surface area contributed by atoms with E-state index in [-0.39, 0.29) is 21.0 Å². The summed E-state index contributed by atoms with van der Waals surface area (Å²) in [6.07, 6.45) is 9.58. The minimum atomic E-state index is 0.0405. The van der Waals surface area contributed by atoms with Crippen molar-refractivity contribution in [2.45, 2.75) is 162 Å². The van der Waals surface area contributed by atoms with Crippen LogP contribution in [0.4, 0.5) is 34.9 Å². The standard InChI is InChI=1S/C25H33N5O2S2.C24H33N7O2S2.C24H32N6O2S2.C24H31N5O2S2/c1-5-21-23(17(3)33-25-27-16(2)14-22(26)28-25)29-24(34-21)18-8-9-19(31-4)20(15-18)32-13-12-30-10-6-7-11-30;1-15-22(16(2)35-24-27-20(25)14-21(26)28-24)29-23(34-15)17-5-6-18(32-4)19(13-17)33-12-11-31-9-7-30(3)8-10-31;1-15-22(16(2)34-24-27-20(25)14-21(26)28-24)29-23(33-15)17-7-8-18(31-3)19(13-17)32-12-11-30-9-5-4-6-10-30;1-5-20-22(16(3)32-24-26-15(2)13-21(25)27-24)28-23(33-20)17-7-8-18(30-4)19(14-17)31-12-11-29-9-6-10-29/h8-9,14-15,17H,5-7,10-13H2,1-4H3,(H2,26,27,28);5-6,13-14,16H,7-12H2,1-4H3,(H4,25,26,27,28);7-8,13-14,16H,4-6,9-12H2,1-3H3,(H4,25,26,27,28);7-8,13-14,16H,5-6,9-12H2,1-4H3,(H2,25,26,27)/t17-;3*16-/m1111/s1. The predicted molar refractivity (Wildman–Crippen MR) is 559 cm³/mol. The number of aryl methyl sites for hydroxylation is 6. The van der Waals surface area contributed by atoms with Gasteiger partial charge in [-0.25, -0.2) is 59.8 Å². The van der Waals surface area contributed by atoms with E-state index in [2.05, 4.69) is 133 Å². The summed E-state index contributed by atoms with van der Waals surface area (Å²) in [6.45, 7) is 38.4. The third-order valence-electron chi connectivity index (χ3n) is 23.1. The summed E-state index contributed by atoms with van der Waals surface area (Å²) in [4.78, 5) is 71.8. The number of benzene rings is 4. The van der Waals surface area contributed by atoms with E-state index >= 15 is 0 Å². The lowest BCUT2D eigenvalue weighted by Crippen LogP contribution is -2.45. The molecule has 12 N–H and O–H groups in total. The normalized spacial score (nSPS) is 15.2. The zero-order valence-corrected chi connectivity index (χ0v) is 87.1. The van der Waals surface area contributed by atoms with Crippen LogP contribution in [0.3, 0.4) is 0 Å². The van der Waals surface area contributed by atoms with E-state index in [1.807, 2.05) is 80.6 Å². The molecular weight excluding hydrogens is 1870 g/mol. The van der Waals surface area contributed by atoms with Gasteiger partial charge in [0.1, 0.15) is 81.4 Å². The van der Waals surface area contributed by atoms with E-state index in [0.717, 1.165) is 210 Å². The lowest BCUT2D eigenvalue weighted by molar-refractivity contribution is 0.133. The number of piperidine rings is 1. The van der Waals surface area contributed by atoms with E-state index in [9.17, 15) is 0 Å². The van der Waals surface area contributed by atoms with Gasteiger partial charge in [-0.3, -0.25) is 19.6 Å². The first-order valence-electron chi connectivity index (χ1n) is 46.1. The Hall–Kier alpha value is -9.88. The zero-order valence-electron chi connectivity index (χ0n) is 80.5. The summed E-state index contributed by atoms with van der Waals surface area (Å²) in [7, 11) is 8.85. The van der Waals surface area contributed by atoms with Crippen LogP contribution < -0.4 is 72.3 Å². The molecule has 0 unspecified atom stereocenters. The third-order valence-corrected chi connectivity index (χ3v) is 31.6. The lowest BCUT2D eigenvalue weighted by Gasteiger charge is -2.32. The van der Waals surface area contributed by atoms with E-state index in [1.54, 1.807) is 122 Å². The first-order chi connectivity index (χ1) is 65.7. The number of anilines is 6. The highest BCUT2D eigenvalue weighted by Gasteiger charge is 2.28. The number of ether oxygens (including phenoxy) is 8. The van der Waals surface area contributed by atoms with Gasteiger partial charge in [0, 0.05) is 130 Å². The molecule has 12 aromatic rings. The van der Waals surface area contributed by atoms with Gasteiger partial charge in [0.2, 0.25) is 0 Å². The number of aromatic nitrogens is 12. The smallest absolute Gasteiger partial charge is 0.192 e. The van der Waals surface area contributed by atoms with Gasteiger partial charge in [0.15, 0.2) is 66.6 Å². The molecule has 0 bridgehead atoms. The van der Waals surface area contributed by atoms with Crippen LogP contribution in [0.15, 0.2) is 118 Å². The van der Waals surface area contributed by atoms with E-state index in [4.69, 9.17) is 92.2 Å². The molecule has 136 heavy (non-hydrogen) atoms. The number of likely N-dealkylation sites (tertiary alicyclic amines) is 3. The van der Waals surface area contributed by atoms with Gasteiger partial charge in [0.05, 0.1) is 72.2 Å². The Kier molecular flexibility index (Phi) is 38.5. The summed E-state index contributed by atoms with van der Waals surface area (Å²) in [5, 5.41) is 6.60.